The number of fused-ring (bicyclic) bond motifs is 3. The van der Waals surface area contributed by atoms with Gasteiger partial charge in [-0.15, -0.1) is 0 Å². The van der Waals surface area contributed by atoms with E-state index in [9.17, 15) is 9.59 Å². The largest absolute Gasteiger partial charge is 0.424 e. The lowest BCUT2D eigenvalue weighted by molar-refractivity contribution is -0.732. The number of carbonyl (C=O) groups is 2. The molecule has 0 amide bonds. The highest BCUT2D eigenvalue weighted by Gasteiger charge is 2.34. The van der Waals surface area contributed by atoms with Gasteiger partial charge in [-0.3, -0.25) is 9.59 Å². The van der Waals surface area contributed by atoms with Crippen LogP contribution >= 0.6 is 0 Å². The number of aromatic nitrogens is 3. The minimum Gasteiger partial charge on any atom is -0.424 e. The molecular formula is C26H35N4O3+. The number of nitrogens with zero attached hydrogens (tertiary/aromatic N) is 3. The van der Waals surface area contributed by atoms with Gasteiger partial charge in [-0.05, 0) is 31.9 Å². The minimum atomic E-state index is -0.190. The number of benzene rings is 1. The molecule has 1 N–H and O–H groups in total. The van der Waals surface area contributed by atoms with Crippen LogP contribution in [-0.2, 0) is 36.3 Å². The number of esters is 1. The van der Waals surface area contributed by atoms with Crippen LogP contribution in [0.2, 0.25) is 0 Å². The summed E-state index contributed by atoms with van der Waals surface area (Å²) in [6, 6.07) is 8.15. The van der Waals surface area contributed by atoms with E-state index in [1.54, 1.807) is 0 Å². The van der Waals surface area contributed by atoms with Gasteiger partial charge in [0.2, 0.25) is 6.73 Å². The lowest BCUT2D eigenvalue weighted by Crippen LogP contribution is -2.41. The standard InChI is InChI=1S/C26H35N4O3/c1-17(2)21(14-27-4)26(32)33-16-30-13-12-29(18(30)3)15-19-10-11-23-24(25(19)31)20-8-6-7-9-22(20)28(23)5/h6-9,12-13,17,19,21,27H,10-11,14-16H2,1-5H3/q+1. The Hall–Kier alpha value is -2.93. The summed E-state index contributed by atoms with van der Waals surface area (Å²) in [4.78, 5) is 26.0. The molecule has 2 unspecified atom stereocenters. The normalized spacial score (nSPS) is 16.9. The van der Waals surface area contributed by atoms with Crippen molar-refractivity contribution in [2.45, 2.75) is 46.9 Å². The molecule has 0 saturated carbocycles. The third-order valence-corrected chi connectivity index (χ3v) is 7.13. The summed E-state index contributed by atoms with van der Waals surface area (Å²) in [6.45, 7) is 7.46. The number of hydrogen-bond acceptors (Lipinski definition) is 4. The van der Waals surface area contributed by atoms with Gasteiger partial charge in [0.25, 0.3) is 5.82 Å². The van der Waals surface area contributed by atoms with Crippen LogP contribution in [0.15, 0.2) is 36.7 Å². The molecule has 4 rings (SSSR count). The first-order valence-electron chi connectivity index (χ1n) is 11.8. The molecule has 33 heavy (non-hydrogen) atoms. The molecule has 7 nitrogen and oxygen atoms in total. The van der Waals surface area contributed by atoms with Gasteiger partial charge in [0, 0.05) is 42.7 Å². The monoisotopic (exact) mass is 451 g/mol. The van der Waals surface area contributed by atoms with Gasteiger partial charge >= 0.3 is 5.97 Å². The molecular weight excluding hydrogens is 416 g/mol. The summed E-state index contributed by atoms with van der Waals surface area (Å²) in [7, 11) is 3.89. The van der Waals surface area contributed by atoms with Crippen molar-refractivity contribution < 1.29 is 18.9 Å². The molecule has 1 aliphatic carbocycles. The number of ether oxygens (including phenoxy) is 1. The van der Waals surface area contributed by atoms with Crippen molar-refractivity contribution in [3.63, 3.8) is 0 Å². The van der Waals surface area contributed by atoms with Crippen LogP contribution in [0, 0.1) is 24.7 Å². The van der Waals surface area contributed by atoms with E-state index in [1.165, 1.54) is 0 Å². The van der Waals surface area contributed by atoms with Crippen molar-refractivity contribution in [2.24, 2.45) is 24.8 Å². The van der Waals surface area contributed by atoms with Crippen LogP contribution < -0.4 is 9.88 Å². The summed E-state index contributed by atoms with van der Waals surface area (Å²) in [5, 5.41) is 4.12. The van der Waals surface area contributed by atoms with Crippen molar-refractivity contribution in [3.05, 3.63) is 53.7 Å². The number of nitrogens with one attached hydrogen (secondary N) is 1. The number of ketones is 1. The Bertz CT molecular complexity index is 1170. The predicted octanol–water partition coefficient (Wildman–Crippen LogP) is 3.01. The molecule has 0 saturated heterocycles. The number of carbonyl (C=O) groups excluding carboxylic acids is 2. The Labute approximate surface area is 195 Å². The smallest absolute Gasteiger partial charge is 0.313 e. The molecule has 1 aromatic carbocycles. The van der Waals surface area contributed by atoms with E-state index >= 15 is 0 Å². The molecule has 2 heterocycles. The van der Waals surface area contributed by atoms with E-state index in [0.717, 1.165) is 40.8 Å². The zero-order valence-corrected chi connectivity index (χ0v) is 20.3. The van der Waals surface area contributed by atoms with Gasteiger partial charge < -0.3 is 14.6 Å². The second-order valence-electron chi connectivity index (χ2n) is 9.47. The van der Waals surface area contributed by atoms with Crippen molar-refractivity contribution in [1.29, 1.82) is 0 Å². The van der Waals surface area contributed by atoms with E-state index in [0.29, 0.717) is 13.1 Å². The summed E-state index contributed by atoms with van der Waals surface area (Å²) in [5.41, 5.74) is 3.15. The molecule has 0 fully saturated rings. The first-order valence-corrected chi connectivity index (χ1v) is 11.8. The third kappa shape index (κ3) is 4.34. The molecule has 3 aromatic rings. The molecule has 1 aliphatic rings. The summed E-state index contributed by atoms with van der Waals surface area (Å²) in [6.07, 6.45) is 5.63. The Morgan fingerprint density at radius 3 is 2.79 bits per heavy atom. The van der Waals surface area contributed by atoms with Crippen LogP contribution in [0.1, 0.15) is 42.1 Å². The van der Waals surface area contributed by atoms with E-state index in [4.69, 9.17) is 4.74 Å². The van der Waals surface area contributed by atoms with Gasteiger partial charge in [0.05, 0.1) is 11.8 Å². The van der Waals surface area contributed by atoms with Gasteiger partial charge in [-0.2, -0.15) is 4.57 Å². The average molecular weight is 452 g/mol. The summed E-state index contributed by atoms with van der Waals surface area (Å²) >= 11 is 0. The summed E-state index contributed by atoms with van der Waals surface area (Å²) in [5.74, 6) is 0.973. The Morgan fingerprint density at radius 2 is 2.06 bits per heavy atom. The van der Waals surface area contributed by atoms with Gasteiger partial charge in [0.15, 0.2) is 5.78 Å². The van der Waals surface area contributed by atoms with E-state index < -0.39 is 0 Å². The van der Waals surface area contributed by atoms with Crippen molar-refractivity contribution in [1.82, 2.24) is 14.5 Å². The number of aryl methyl sites for hydroxylation is 1. The average Bonchev–Trinajstić information content (AvgIpc) is 3.29. The molecule has 2 atom stereocenters. The third-order valence-electron chi connectivity index (χ3n) is 7.13. The van der Waals surface area contributed by atoms with Gasteiger partial charge in [-0.25, -0.2) is 4.57 Å². The highest BCUT2D eigenvalue weighted by molar-refractivity contribution is 6.11. The fourth-order valence-electron chi connectivity index (χ4n) is 4.99. The van der Waals surface area contributed by atoms with Crippen molar-refractivity contribution in [3.8, 4) is 0 Å². The maximum Gasteiger partial charge on any atom is 0.313 e. The lowest BCUT2D eigenvalue weighted by atomic mass is 9.85. The highest BCUT2D eigenvalue weighted by Crippen LogP contribution is 2.34. The number of para-hydroxylation sites is 1. The molecule has 0 radical (unpaired) electrons. The summed E-state index contributed by atoms with van der Waals surface area (Å²) < 4.78 is 11.8. The number of rotatable bonds is 8. The zero-order chi connectivity index (χ0) is 23.7. The van der Waals surface area contributed by atoms with Crippen LogP contribution in [0.4, 0.5) is 0 Å². The second kappa shape index (κ2) is 9.51. The second-order valence-corrected chi connectivity index (χ2v) is 9.47. The first-order chi connectivity index (χ1) is 15.8. The molecule has 7 heteroatoms. The SMILES string of the molecule is CNCC(C(=O)OC[n+]1ccn(CC2CCc3c(c4ccccc4n3C)C2=O)c1C)C(C)C. The maximum atomic E-state index is 13.5. The van der Waals surface area contributed by atoms with E-state index in [2.05, 4.69) is 33.6 Å². The van der Waals surface area contributed by atoms with Gasteiger partial charge in [0.1, 0.15) is 18.9 Å². The Kier molecular flexibility index (Phi) is 6.70. The minimum absolute atomic E-state index is 0.0636. The van der Waals surface area contributed by atoms with E-state index in [1.807, 2.05) is 56.9 Å². The first kappa shape index (κ1) is 23.2. The maximum absolute atomic E-state index is 13.5. The van der Waals surface area contributed by atoms with Gasteiger partial charge in [-0.1, -0.05) is 32.0 Å². The van der Waals surface area contributed by atoms with Crippen LogP contribution in [0.25, 0.3) is 10.9 Å². The molecule has 176 valence electrons. The molecule has 0 bridgehead atoms. The number of imidazole rings is 1. The quantitative estimate of drug-likeness (QED) is 0.422. The van der Waals surface area contributed by atoms with Crippen LogP contribution in [0.5, 0.6) is 0 Å². The zero-order valence-electron chi connectivity index (χ0n) is 20.3. The Morgan fingerprint density at radius 1 is 1.30 bits per heavy atom. The van der Waals surface area contributed by atoms with Crippen LogP contribution in [0.3, 0.4) is 0 Å². The Balaban J connectivity index is 1.46. The van der Waals surface area contributed by atoms with Crippen LogP contribution in [-0.4, -0.2) is 34.5 Å². The molecule has 2 aromatic heterocycles. The highest BCUT2D eigenvalue weighted by atomic mass is 16.5. The fraction of sp³-hybridized carbons (Fsp3) is 0.500. The van der Waals surface area contributed by atoms with Crippen molar-refractivity contribution in [2.75, 3.05) is 13.6 Å². The molecule has 0 aliphatic heterocycles. The predicted molar refractivity (Wildman–Crippen MR) is 127 cm³/mol. The fourth-order valence-corrected chi connectivity index (χ4v) is 4.99. The number of Topliss-reactive ketones (excluding diaryl/α,β-unsaturated/α-hetero) is 1. The number of hydrogen-bond donors (Lipinski definition) is 1. The topological polar surface area (TPSA) is 69.1 Å². The lowest BCUT2D eigenvalue weighted by Gasteiger charge is -2.21. The molecule has 0 spiro atoms. The van der Waals surface area contributed by atoms with Crippen molar-refractivity contribution >= 4 is 22.7 Å². The van der Waals surface area contributed by atoms with E-state index in [-0.39, 0.29) is 36.2 Å².